The van der Waals surface area contributed by atoms with Gasteiger partial charge >= 0.3 is 0 Å². The van der Waals surface area contributed by atoms with E-state index < -0.39 is 8.07 Å². The maximum Gasteiger partial charge on any atom is 0.240 e. The Labute approximate surface area is 493 Å². The summed E-state index contributed by atoms with van der Waals surface area (Å²) in [6.07, 6.45) is 4.40. The molecule has 0 spiro atoms. The first-order valence-corrected chi connectivity index (χ1v) is 31.8. The van der Waals surface area contributed by atoms with Crippen molar-refractivity contribution in [2.45, 2.75) is 50.5 Å². The molecule has 1 aliphatic carbocycles. The molecule has 0 bridgehead atoms. The molecule has 7 nitrogen and oxygen atoms in total. The molecule has 0 radical (unpaired) electrons. The van der Waals surface area contributed by atoms with Crippen molar-refractivity contribution < 1.29 is 4.42 Å². The minimum absolute atomic E-state index is 0.126. The zero-order chi connectivity index (χ0) is 56.4. The Hall–Kier alpha value is -10.2. The summed E-state index contributed by atoms with van der Waals surface area (Å²) >= 11 is 0. The number of hydrogen-bond donors (Lipinski definition) is 0. The molecule has 2 unspecified atom stereocenters. The topological polar surface area (TPSA) is 64.9 Å². The van der Waals surface area contributed by atoms with E-state index >= 15 is 0 Å². The van der Waals surface area contributed by atoms with Crippen molar-refractivity contribution in [3.8, 4) is 34.2 Å². The maximum atomic E-state index is 6.71. The molecule has 4 aromatic heterocycles. The predicted octanol–water partition coefficient (Wildman–Crippen LogP) is 16.4. The van der Waals surface area contributed by atoms with Gasteiger partial charge in [0.25, 0.3) is 0 Å². The summed E-state index contributed by atoms with van der Waals surface area (Å²) < 4.78 is 11.5. The highest BCUT2D eigenvalue weighted by Gasteiger charge is 2.58. The van der Waals surface area contributed by atoms with Crippen molar-refractivity contribution in [3.63, 3.8) is 0 Å². The van der Waals surface area contributed by atoms with Crippen LogP contribution in [0.25, 0.3) is 99.7 Å². The lowest BCUT2D eigenvalue weighted by Gasteiger charge is -2.49. The number of fused-ring (bicyclic) bond motifs is 13. The normalized spacial score (nSPS) is 16.9. The van der Waals surface area contributed by atoms with Gasteiger partial charge < -0.3 is 13.9 Å². The van der Waals surface area contributed by atoms with E-state index in [2.05, 4.69) is 289 Å². The minimum Gasteiger partial charge on any atom is -0.455 e. The van der Waals surface area contributed by atoms with Crippen LogP contribution in [0, 0.1) is 0 Å². The smallest absolute Gasteiger partial charge is 0.240 e. The van der Waals surface area contributed by atoms with Crippen LogP contribution in [0.1, 0.15) is 45.1 Å². The van der Waals surface area contributed by atoms with E-state index in [1.165, 1.54) is 49.2 Å². The highest BCUT2D eigenvalue weighted by Crippen LogP contribution is 2.60. The maximum absolute atomic E-state index is 6.71. The van der Waals surface area contributed by atoms with Gasteiger partial charge in [-0.15, -0.1) is 0 Å². The fourth-order valence-electron chi connectivity index (χ4n) is 15.4. The standard InChI is InChI=1S/C77H58N6OSi/c1-76-47-20-21-48-77(76,2)83(67-43-18-15-40-64(67)76)75-79-73(78-74(80-75)82-66-42-17-13-37-63(66)70-68(82)46-45-61-59-35-12-16-41-65(59)81(71(61)70)53-27-6-3-7-28-53)52-26-23-34-57(50-52)85(54-29-8-4-9-30-54,55-31-10-5-11-32-55)56-33-22-25-51(49-56)58-38-24-39-62-60-36-14-19-44-69(60)84-72(58)62/h3-19,22-46,49-50H,20-21,47-48H2,1-2H3. The number of anilines is 2. The summed E-state index contributed by atoms with van der Waals surface area (Å²) in [6.45, 7) is 4.93. The number of furan rings is 1. The van der Waals surface area contributed by atoms with Crippen molar-refractivity contribution in [1.29, 1.82) is 0 Å². The first-order valence-electron chi connectivity index (χ1n) is 29.8. The molecule has 5 heterocycles. The molecular formula is C77H58N6OSi. The molecule has 0 saturated heterocycles. The van der Waals surface area contributed by atoms with Crippen LogP contribution in [-0.2, 0) is 5.41 Å². The van der Waals surface area contributed by atoms with E-state index in [0.29, 0.717) is 17.7 Å². The number of aromatic nitrogens is 5. The Morgan fingerprint density at radius 2 is 1.00 bits per heavy atom. The molecule has 8 heteroatoms. The minimum atomic E-state index is -3.19. The van der Waals surface area contributed by atoms with Gasteiger partial charge in [-0.25, -0.2) is 0 Å². The van der Waals surface area contributed by atoms with Crippen LogP contribution in [0.15, 0.2) is 271 Å². The average molecular weight is 1110 g/mol. The fraction of sp³-hybridized carbons (Fsp3) is 0.104. The highest BCUT2D eigenvalue weighted by molar-refractivity contribution is 7.20. The SMILES string of the molecule is CC12CCCCC1(C)N(c1nc(-c3cccc([Si](c4ccccc4)(c4ccccc4)c4cccc(-c5cccc6c5oc5ccccc56)c4)c3)nc(-n3c4ccccc4c4c3ccc3c5ccccc5n(-c5ccccc5)c34)n1)c1ccccc12. The van der Waals surface area contributed by atoms with E-state index in [9.17, 15) is 0 Å². The fourth-order valence-corrected chi connectivity index (χ4v) is 20.2. The number of benzene rings is 11. The molecule has 0 N–H and O–H groups in total. The number of para-hydroxylation sites is 6. The molecule has 1 saturated carbocycles. The third kappa shape index (κ3) is 7.15. The van der Waals surface area contributed by atoms with Crippen molar-refractivity contribution in [2.75, 3.05) is 4.90 Å². The third-order valence-electron chi connectivity index (χ3n) is 19.5. The second kappa shape index (κ2) is 18.9. The van der Waals surface area contributed by atoms with Crippen LogP contribution in [-0.4, -0.2) is 37.7 Å². The Bertz CT molecular complexity index is 5110. The molecule has 85 heavy (non-hydrogen) atoms. The zero-order valence-electron chi connectivity index (χ0n) is 47.3. The quantitative estimate of drug-likeness (QED) is 0.106. The third-order valence-corrected chi connectivity index (χ3v) is 24.2. The predicted molar refractivity (Wildman–Crippen MR) is 353 cm³/mol. The lowest BCUT2D eigenvalue weighted by molar-refractivity contribution is 0.193. The molecule has 1 fully saturated rings. The summed E-state index contributed by atoms with van der Waals surface area (Å²) in [5, 5.41) is 11.9. The molecule has 2 aliphatic rings. The van der Waals surface area contributed by atoms with Gasteiger partial charge in [0, 0.05) is 60.2 Å². The van der Waals surface area contributed by atoms with Gasteiger partial charge in [0.15, 0.2) is 13.9 Å². The van der Waals surface area contributed by atoms with E-state index in [4.69, 9.17) is 19.4 Å². The summed E-state index contributed by atoms with van der Waals surface area (Å²) in [5.41, 5.74) is 12.4. The largest absolute Gasteiger partial charge is 0.455 e. The summed E-state index contributed by atoms with van der Waals surface area (Å²) in [4.78, 5) is 19.9. The van der Waals surface area contributed by atoms with Gasteiger partial charge in [-0.1, -0.05) is 244 Å². The van der Waals surface area contributed by atoms with E-state index in [1.807, 2.05) is 6.07 Å². The number of rotatable bonds is 9. The van der Waals surface area contributed by atoms with Crippen LogP contribution in [0.5, 0.6) is 0 Å². The summed E-state index contributed by atoms with van der Waals surface area (Å²) in [6, 6.07) is 97.7. The Kier molecular flexibility index (Phi) is 11.0. The van der Waals surface area contributed by atoms with Gasteiger partial charge in [0.1, 0.15) is 11.2 Å². The molecule has 0 amide bonds. The van der Waals surface area contributed by atoms with Crippen molar-refractivity contribution >= 4 is 106 Å². The molecule has 1 aliphatic heterocycles. The number of hydrogen-bond acceptors (Lipinski definition) is 5. The number of nitrogens with zero attached hydrogens (tertiary/aromatic N) is 6. The Morgan fingerprint density at radius 1 is 0.424 bits per heavy atom. The second-order valence-electron chi connectivity index (χ2n) is 23.7. The first kappa shape index (κ1) is 49.5. The van der Waals surface area contributed by atoms with Crippen LogP contribution >= 0.6 is 0 Å². The van der Waals surface area contributed by atoms with Gasteiger partial charge in [0.2, 0.25) is 11.9 Å². The molecule has 406 valence electrons. The highest BCUT2D eigenvalue weighted by atomic mass is 28.3. The molecular weight excluding hydrogens is 1050 g/mol. The van der Waals surface area contributed by atoms with Gasteiger partial charge in [0.05, 0.1) is 27.6 Å². The van der Waals surface area contributed by atoms with Crippen molar-refractivity contribution in [3.05, 3.63) is 272 Å². The molecule has 15 aromatic rings. The van der Waals surface area contributed by atoms with Crippen LogP contribution in [0.3, 0.4) is 0 Å². The molecule has 17 rings (SSSR count). The van der Waals surface area contributed by atoms with Crippen molar-refractivity contribution in [1.82, 2.24) is 24.1 Å². The van der Waals surface area contributed by atoms with Gasteiger partial charge in [-0.05, 0) is 94.1 Å². The molecule has 2 atom stereocenters. The zero-order valence-corrected chi connectivity index (χ0v) is 48.3. The first-order chi connectivity index (χ1) is 41.9. The van der Waals surface area contributed by atoms with E-state index in [-0.39, 0.29) is 11.0 Å². The monoisotopic (exact) mass is 1110 g/mol. The lowest BCUT2D eigenvalue weighted by atomic mass is 9.61. The summed E-state index contributed by atoms with van der Waals surface area (Å²) in [7, 11) is -3.19. The lowest BCUT2D eigenvalue weighted by Crippen LogP contribution is -2.74. The van der Waals surface area contributed by atoms with Crippen LogP contribution in [0.4, 0.5) is 11.6 Å². The summed E-state index contributed by atoms with van der Waals surface area (Å²) in [5.74, 6) is 1.84. The molecule has 11 aromatic carbocycles. The van der Waals surface area contributed by atoms with Crippen LogP contribution < -0.4 is 25.6 Å². The van der Waals surface area contributed by atoms with Crippen molar-refractivity contribution in [2.24, 2.45) is 0 Å². The average Bonchev–Trinajstić information content (AvgIpc) is 2.51. The van der Waals surface area contributed by atoms with Crippen LogP contribution in [0.2, 0.25) is 0 Å². The van der Waals surface area contributed by atoms with Gasteiger partial charge in [-0.3, -0.25) is 4.57 Å². The van der Waals surface area contributed by atoms with E-state index in [1.54, 1.807) is 0 Å². The van der Waals surface area contributed by atoms with Gasteiger partial charge in [-0.2, -0.15) is 15.0 Å². The van der Waals surface area contributed by atoms with E-state index in [0.717, 1.165) is 96.4 Å². The Balaban J connectivity index is 0.934. The second-order valence-corrected chi connectivity index (χ2v) is 27.6. The Morgan fingerprint density at radius 3 is 1.76 bits per heavy atom.